The molecule has 4 bridgehead atoms. The van der Waals surface area contributed by atoms with E-state index in [-0.39, 0.29) is 54.5 Å². The molecule has 3 heterocycles. The van der Waals surface area contributed by atoms with Gasteiger partial charge >= 0.3 is 12.1 Å². The second kappa shape index (κ2) is 15.6. The summed E-state index contributed by atoms with van der Waals surface area (Å²) in [6, 6.07) is 10.4. The first kappa shape index (κ1) is 34.2. The summed E-state index contributed by atoms with van der Waals surface area (Å²) in [5.41, 5.74) is 2.14. The van der Waals surface area contributed by atoms with Crippen molar-refractivity contribution in [1.82, 2.24) is 9.47 Å². The molecule has 2 atom stereocenters. The monoisotopic (exact) mass is 658 g/mol. The van der Waals surface area contributed by atoms with Crippen LogP contribution in [-0.2, 0) is 20.8 Å². The maximum absolute atomic E-state index is 13.8. The first-order valence-corrected chi connectivity index (χ1v) is 15.6. The van der Waals surface area contributed by atoms with E-state index in [1.165, 1.54) is 18.8 Å². The molecule has 0 radical (unpaired) electrons. The van der Waals surface area contributed by atoms with E-state index in [1.807, 2.05) is 6.07 Å². The van der Waals surface area contributed by atoms with Gasteiger partial charge in [0.25, 0.3) is 0 Å². The van der Waals surface area contributed by atoms with E-state index in [2.05, 4.69) is 34.4 Å². The molecule has 47 heavy (non-hydrogen) atoms. The summed E-state index contributed by atoms with van der Waals surface area (Å²) in [5.74, 6) is 6.00. The van der Waals surface area contributed by atoms with Gasteiger partial charge in [-0.25, -0.2) is 4.79 Å². The molecule has 0 saturated carbocycles. The molecule has 13 heteroatoms. The highest BCUT2D eigenvalue weighted by Gasteiger charge is 2.31. The van der Waals surface area contributed by atoms with Gasteiger partial charge in [-0.1, -0.05) is 12.0 Å². The molecule has 254 valence electrons. The molecule has 1 saturated heterocycles. The number of halogens is 3. The molecule has 2 aromatic carbocycles. The number of fused-ring (bicyclic) bond motifs is 4. The maximum Gasteiger partial charge on any atom is 0.406 e. The number of likely N-dealkylation sites (tertiary alicyclic amines) is 1. The number of nitrogens with one attached hydrogen (secondary N) is 2. The Bertz CT molecular complexity index is 1600. The van der Waals surface area contributed by atoms with Crippen molar-refractivity contribution in [3.63, 3.8) is 0 Å². The zero-order valence-electron chi connectivity index (χ0n) is 26.9. The lowest BCUT2D eigenvalue weighted by Gasteiger charge is -2.38. The van der Waals surface area contributed by atoms with Gasteiger partial charge in [-0.3, -0.25) is 0 Å². The van der Waals surface area contributed by atoms with Crippen LogP contribution in [0, 0.1) is 17.8 Å². The zero-order valence-corrected chi connectivity index (χ0v) is 26.9. The van der Waals surface area contributed by atoms with Crippen molar-refractivity contribution in [3.8, 4) is 23.3 Å². The van der Waals surface area contributed by atoms with Gasteiger partial charge in [0.05, 0.1) is 51.8 Å². The average molecular weight is 659 g/mol. The predicted molar refractivity (Wildman–Crippen MR) is 172 cm³/mol. The van der Waals surface area contributed by atoms with E-state index >= 15 is 0 Å². The molecule has 1 aromatic heterocycles. The van der Waals surface area contributed by atoms with Gasteiger partial charge < -0.3 is 43.8 Å². The smallest absolute Gasteiger partial charge is 0.406 e. The third kappa shape index (κ3) is 8.82. The first-order valence-electron chi connectivity index (χ1n) is 15.6. The Kier molecular flexibility index (Phi) is 11.4. The third-order valence-corrected chi connectivity index (χ3v) is 8.32. The molecule has 2 aliphatic heterocycles. The number of benzene rings is 2. The highest BCUT2D eigenvalue weighted by molar-refractivity contribution is 5.96. The normalized spacial score (nSPS) is 20.1. The highest BCUT2D eigenvalue weighted by atomic mass is 19.4. The lowest BCUT2D eigenvalue weighted by Crippen LogP contribution is -2.45. The first-order chi connectivity index (χ1) is 22.7. The number of esters is 1. The molecule has 2 unspecified atom stereocenters. The summed E-state index contributed by atoms with van der Waals surface area (Å²) in [5, 5.41) is 7.49. The maximum atomic E-state index is 13.8. The van der Waals surface area contributed by atoms with Crippen LogP contribution in [0.2, 0.25) is 0 Å². The SMILES string of the molecule is COC(=O)c1c(OC)cc2cc1OCCOCCOCCC1CN(C)CCC1Nc1cccc3c1cc(n3CC(F)(F)F)C#CCN2. The van der Waals surface area contributed by atoms with Crippen molar-refractivity contribution in [1.29, 1.82) is 0 Å². The van der Waals surface area contributed by atoms with Crippen molar-refractivity contribution in [2.45, 2.75) is 31.6 Å². The van der Waals surface area contributed by atoms with Gasteiger partial charge in [-0.2, -0.15) is 13.2 Å². The molecule has 5 rings (SSSR count). The fourth-order valence-electron chi connectivity index (χ4n) is 6.08. The van der Waals surface area contributed by atoms with Crippen LogP contribution in [-0.4, -0.2) is 102 Å². The van der Waals surface area contributed by atoms with Gasteiger partial charge in [0.2, 0.25) is 0 Å². The highest BCUT2D eigenvalue weighted by Crippen LogP contribution is 2.35. The van der Waals surface area contributed by atoms with Crippen LogP contribution >= 0.6 is 0 Å². The molecule has 3 aromatic rings. The van der Waals surface area contributed by atoms with Crippen molar-refractivity contribution >= 4 is 28.2 Å². The molecule has 2 aliphatic rings. The molecular formula is C34H41F3N4O6. The fourth-order valence-corrected chi connectivity index (χ4v) is 6.08. The number of hydrogen-bond donors (Lipinski definition) is 2. The number of methoxy groups -OCH3 is 2. The number of ether oxygens (including phenoxy) is 5. The lowest BCUT2D eigenvalue weighted by atomic mass is 9.89. The van der Waals surface area contributed by atoms with Crippen molar-refractivity contribution in [2.75, 3.05) is 84.6 Å². The second-order valence-corrected chi connectivity index (χ2v) is 11.6. The number of anilines is 2. The number of piperidine rings is 1. The Morgan fingerprint density at radius 2 is 1.85 bits per heavy atom. The minimum atomic E-state index is -4.44. The van der Waals surface area contributed by atoms with Gasteiger partial charge in [0, 0.05) is 48.1 Å². The molecule has 0 spiro atoms. The van der Waals surface area contributed by atoms with E-state index in [0.29, 0.717) is 36.4 Å². The van der Waals surface area contributed by atoms with E-state index in [1.54, 1.807) is 30.3 Å². The minimum absolute atomic E-state index is 0.0964. The number of nitrogens with zero attached hydrogens (tertiary/aromatic N) is 2. The third-order valence-electron chi connectivity index (χ3n) is 8.32. The fraction of sp³-hybridized carbons (Fsp3) is 0.500. The topological polar surface area (TPSA) is 95.5 Å². The van der Waals surface area contributed by atoms with Crippen LogP contribution in [0.4, 0.5) is 24.5 Å². The van der Waals surface area contributed by atoms with Gasteiger partial charge in [-0.05, 0) is 56.5 Å². The summed E-state index contributed by atoms with van der Waals surface area (Å²) in [6.07, 6.45) is -2.73. The summed E-state index contributed by atoms with van der Waals surface area (Å²) in [7, 11) is 4.78. The lowest BCUT2D eigenvalue weighted by molar-refractivity contribution is -0.140. The Morgan fingerprint density at radius 1 is 1.06 bits per heavy atom. The molecule has 0 aliphatic carbocycles. The zero-order chi connectivity index (χ0) is 33.4. The van der Waals surface area contributed by atoms with E-state index in [4.69, 9.17) is 23.7 Å². The molecular weight excluding hydrogens is 617 g/mol. The standard InChI is InChI=1S/C34H41F3N4O6/c1-40-12-9-27-23(21-40)10-13-45-14-15-46-16-17-47-31-19-24(18-30(43-2)32(31)33(42)44-3)38-11-5-6-25-20-26-28(39-27)7-4-8-29(26)41(25)22-34(35,36)37/h4,7-8,18-20,23,27,38-39H,9-17,21-22H2,1-3H3. The predicted octanol–water partition coefficient (Wildman–Crippen LogP) is 5.01. The second-order valence-electron chi connectivity index (χ2n) is 11.6. The van der Waals surface area contributed by atoms with Crippen LogP contribution in [0.1, 0.15) is 28.9 Å². The van der Waals surface area contributed by atoms with E-state index < -0.39 is 18.7 Å². The molecule has 2 N–H and O–H groups in total. The van der Waals surface area contributed by atoms with Crippen LogP contribution in [0.5, 0.6) is 11.5 Å². The molecule has 0 amide bonds. The van der Waals surface area contributed by atoms with Gasteiger partial charge in [-0.15, -0.1) is 0 Å². The van der Waals surface area contributed by atoms with Crippen LogP contribution in [0.3, 0.4) is 0 Å². The van der Waals surface area contributed by atoms with Gasteiger partial charge in [0.15, 0.2) is 0 Å². The minimum Gasteiger partial charge on any atom is -0.496 e. The molecule has 1 fully saturated rings. The Morgan fingerprint density at radius 3 is 2.62 bits per heavy atom. The summed E-state index contributed by atoms with van der Waals surface area (Å²) < 4.78 is 70.5. The number of carbonyl (C=O) groups is 1. The quantitative estimate of drug-likeness (QED) is 0.298. The van der Waals surface area contributed by atoms with Crippen molar-refractivity contribution in [3.05, 3.63) is 47.7 Å². The summed E-state index contributed by atoms with van der Waals surface area (Å²) in [6.45, 7) is 2.48. The number of alkyl halides is 3. The summed E-state index contributed by atoms with van der Waals surface area (Å²) >= 11 is 0. The number of carbonyl (C=O) groups excluding carboxylic acids is 1. The van der Waals surface area contributed by atoms with E-state index in [9.17, 15) is 18.0 Å². The van der Waals surface area contributed by atoms with Crippen LogP contribution in [0.25, 0.3) is 10.9 Å². The average Bonchev–Trinajstić information content (AvgIpc) is 3.38. The van der Waals surface area contributed by atoms with Crippen LogP contribution in [0.15, 0.2) is 36.4 Å². The number of hydrogen-bond acceptors (Lipinski definition) is 9. The largest absolute Gasteiger partial charge is 0.496 e. The Hall–Kier alpha value is -4.12. The van der Waals surface area contributed by atoms with Crippen molar-refractivity contribution in [2.24, 2.45) is 5.92 Å². The van der Waals surface area contributed by atoms with Gasteiger partial charge in [0.1, 0.15) is 30.2 Å². The number of aromatic nitrogens is 1. The van der Waals surface area contributed by atoms with Crippen molar-refractivity contribution < 1.29 is 41.7 Å². The number of rotatable bonds is 3. The van der Waals surface area contributed by atoms with E-state index in [0.717, 1.165) is 31.6 Å². The summed E-state index contributed by atoms with van der Waals surface area (Å²) in [4.78, 5) is 14.9. The van der Waals surface area contributed by atoms with Crippen LogP contribution < -0.4 is 20.1 Å². The Labute approximate surface area is 272 Å². The molecule has 10 nitrogen and oxygen atoms in total. The Balaban J connectivity index is 1.49.